The van der Waals surface area contributed by atoms with Crippen LogP contribution in [0.15, 0.2) is 0 Å². The molecule has 0 aromatic rings. The average Bonchev–Trinajstić information content (AvgIpc) is 2.71. The Hall–Kier alpha value is -0.220. The first-order valence-electron chi connectivity index (χ1n) is 7.68. The molecule has 0 aromatic carbocycles. The number of nitrogens with zero attached hydrogens (tertiary/aromatic N) is 1. The number of unbranched alkanes of at least 4 members (excludes halogenated alkanes) is 1. The SMILES string of the molecule is CCCCC1NC(C(C)C)N(C(C)CSCC)C1=O. The van der Waals surface area contributed by atoms with Crippen molar-refractivity contribution in [3.05, 3.63) is 0 Å². The van der Waals surface area contributed by atoms with Gasteiger partial charge in [0.15, 0.2) is 0 Å². The van der Waals surface area contributed by atoms with E-state index in [4.69, 9.17) is 0 Å². The molecule has 1 aliphatic rings. The summed E-state index contributed by atoms with van der Waals surface area (Å²) in [7, 11) is 0. The Bertz CT molecular complexity index is 283. The Morgan fingerprint density at radius 1 is 1.32 bits per heavy atom. The van der Waals surface area contributed by atoms with Crippen molar-refractivity contribution in [1.82, 2.24) is 10.2 Å². The van der Waals surface area contributed by atoms with Crippen LogP contribution in [0.1, 0.15) is 53.9 Å². The third-order valence-electron chi connectivity index (χ3n) is 3.74. The first kappa shape index (κ1) is 16.8. The minimum Gasteiger partial charge on any atom is -0.322 e. The van der Waals surface area contributed by atoms with Crippen molar-refractivity contribution in [2.75, 3.05) is 11.5 Å². The summed E-state index contributed by atoms with van der Waals surface area (Å²) in [6.07, 6.45) is 3.46. The highest BCUT2D eigenvalue weighted by molar-refractivity contribution is 7.99. The molecular formula is C15H30N2OS. The van der Waals surface area contributed by atoms with E-state index in [1.165, 1.54) is 0 Å². The maximum Gasteiger partial charge on any atom is 0.241 e. The molecule has 1 saturated heterocycles. The van der Waals surface area contributed by atoms with Crippen molar-refractivity contribution in [2.24, 2.45) is 5.92 Å². The zero-order valence-corrected chi connectivity index (χ0v) is 13.9. The molecule has 19 heavy (non-hydrogen) atoms. The van der Waals surface area contributed by atoms with E-state index in [-0.39, 0.29) is 12.2 Å². The fourth-order valence-electron chi connectivity index (χ4n) is 2.66. The zero-order chi connectivity index (χ0) is 14.4. The van der Waals surface area contributed by atoms with Gasteiger partial charge < -0.3 is 4.90 Å². The molecular weight excluding hydrogens is 256 g/mol. The number of hydrogen-bond donors (Lipinski definition) is 1. The van der Waals surface area contributed by atoms with Crippen molar-refractivity contribution in [3.63, 3.8) is 0 Å². The van der Waals surface area contributed by atoms with Gasteiger partial charge in [0.05, 0.1) is 12.2 Å². The van der Waals surface area contributed by atoms with Crippen LogP contribution in [0.25, 0.3) is 0 Å². The Kier molecular flexibility index (Phi) is 7.22. The minimum atomic E-state index is 0.0430. The lowest BCUT2D eigenvalue weighted by molar-refractivity contribution is -0.132. The number of carbonyl (C=O) groups is 1. The van der Waals surface area contributed by atoms with Gasteiger partial charge >= 0.3 is 0 Å². The van der Waals surface area contributed by atoms with Gasteiger partial charge in [-0.05, 0) is 25.0 Å². The molecule has 3 nitrogen and oxygen atoms in total. The minimum absolute atomic E-state index is 0.0430. The van der Waals surface area contributed by atoms with E-state index in [2.05, 4.69) is 44.8 Å². The van der Waals surface area contributed by atoms with Crippen molar-refractivity contribution < 1.29 is 4.79 Å². The van der Waals surface area contributed by atoms with Gasteiger partial charge in [0.2, 0.25) is 5.91 Å². The van der Waals surface area contributed by atoms with Crippen LogP contribution in [0.3, 0.4) is 0 Å². The summed E-state index contributed by atoms with van der Waals surface area (Å²) in [6, 6.07) is 0.366. The van der Waals surface area contributed by atoms with Crippen LogP contribution in [0.4, 0.5) is 0 Å². The quantitative estimate of drug-likeness (QED) is 0.744. The number of carbonyl (C=O) groups excluding carboxylic acids is 1. The van der Waals surface area contributed by atoms with Crippen molar-refractivity contribution in [2.45, 2.75) is 72.1 Å². The monoisotopic (exact) mass is 286 g/mol. The largest absolute Gasteiger partial charge is 0.322 e. The van der Waals surface area contributed by atoms with Gasteiger partial charge in [0.1, 0.15) is 0 Å². The lowest BCUT2D eigenvalue weighted by Crippen LogP contribution is -2.47. The van der Waals surface area contributed by atoms with Gasteiger partial charge in [-0.2, -0.15) is 11.8 Å². The topological polar surface area (TPSA) is 32.3 Å². The molecule has 1 amide bonds. The van der Waals surface area contributed by atoms with Crippen LogP contribution < -0.4 is 5.32 Å². The van der Waals surface area contributed by atoms with Gasteiger partial charge in [-0.15, -0.1) is 0 Å². The van der Waals surface area contributed by atoms with E-state index in [0.717, 1.165) is 30.8 Å². The maximum absolute atomic E-state index is 12.6. The third kappa shape index (κ3) is 4.38. The molecule has 3 unspecified atom stereocenters. The van der Waals surface area contributed by atoms with Crippen LogP contribution in [0.5, 0.6) is 0 Å². The molecule has 1 N–H and O–H groups in total. The Morgan fingerprint density at radius 3 is 2.53 bits per heavy atom. The molecule has 1 rings (SSSR count). The van der Waals surface area contributed by atoms with E-state index in [1.54, 1.807) is 0 Å². The fraction of sp³-hybridized carbons (Fsp3) is 0.933. The summed E-state index contributed by atoms with van der Waals surface area (Å²) in [4.78, 5) is 14.7. The average molecular weight is 286 g/mol. The number of rotatable bonds is 8. The van der Waals surface area contributed by atoms with E-state index in [1.807, 2.05) is 11.8 Å². The normalized spacial score (nSPS) is 25.4. The smallest absolute Gasteiger partial charge is 0.241 e. The molecule has 4 heteroatoms. The van der Waals surface area contributed by atoms with Gasteiger partial charge in [-0.25, -0.2) is 0 Å². The Labute approximate surface area is 122 Å². The standard InChI is InChI=1S/C15H30N2OS/c1-6-8-9-13-15(18)17(12(5)10-19-7-2)14(16-13)11(3)4/h11-14,16H,6-10H2,1-5H3. The van der Waals surface area contributed by atoms with Crippen LogP contribution in [0.2, 0.25) is 0 Å². The highest BCUT2D eigenvalue weighted by atomic mass is 32.2. The predicted molar refractivity (Wildman–Crippen MR) is 84.4 cm³/mol. The summed E-state index contributed by atoms with van der Waals surface area (Å²) < 4.78 is 0. The molecule has 0 bridgehead atoms. The maximum atomic E-state index is 12.6. The Balaban J connectivity index is 2.71. The van der Waals surface area contributed by atoms with Gasteiger partial charge in [0, 0.05) is 11.8 Å². The molecule has 0 saturated carbocycles. The summed E-state index contributed by atoms with van der Waals surface area (Å²) in [5.74, 6) is 2.93. The van der Waals surface area contributed by atoms with Gasteiger partial charge in [0.25, 0.3) is 0 Å². The first-order valence-corrected chi connectivity index (χ1v) is 8.84. The number of thioether (sulfide) groups is 1. The number of nitrogens with one attached hydrogen (secondary N) is 1. The van der Waals surface area contributed by atoms with E-state index in [0.29, 0.717) is 17.9 Å². The molecule has 1 heterocycles. The van der Waals surface area contributed by atoms with Crippen LogP contribution >= 0.6 is 11.8 Å². The molecule has 1 fully saturated rings. The first-order chi connectivity index (χ1) is 9.02. The molecule has 0 aromatic heterocycles. The lowest BCUT2D eigenvalue weighted by atomic mass is 10.1. The predicted octanol–water partition coefficient (Wildman–Crippen LogP) is 3.10. The summed E-state index contributed by atoms with van der Waals surface area (Å²) in [6.45, 7) is 10.9. The number of hydrogen-bond acceptors (Lipinski definition) is 3. The summed E-state index contributed by atoms with van der Waals surface area (Å²) in [5, 5.41) is 3.55. The van der Waals surface area contributed by atoms with E-state index >= 15 is 0 Å². The molecule has 3 atom stereocenters. The summed E-state index contributed by atoms with van der Waals surface area (Å²) in [5.41, 5.74) is 0. The zero-order valence-electron chi connectivity index (χ0n) is 13.1. The van der Waals surface area contributed by atoms with Crippen LogP contribution in [0, 0.1) is 5.92 Å². The van der Waals surface area contributed by atoms with Crippen molar-refractivity contribution in [1.29, 1.82) is 0 Å². The second-order valence-electron chi connectivity index (χ2n) is 5.80. The molecule has 112 valence electrons. The highest BCUT2D eigenvalue weighted by Crippen LogP contribution is 2.24. The van der Waals surface area contributed by atoms with E-state index in [9.17, 15) is 4.79 Å². The molecule has 0 aliphatic carbocycles. The third-order valence-corrected chi connectivity index (χ3v) is 4.87. The van der Waals surface area contributed by atoms with Crippen molar-refractivity contribution in [3.8, 4) is 0 Å². The van der Waals surface area contributed by atoms with E-state index < -0.39 is 0 Å². The van der Waals surface area contributed by atoms with Gasteiger partial charge in [-0.1, -0.05) is 40.5 Å². The molecule has 1 aliphatic heterocycles. The molecule has 0 spiro atoms. The Morgan fingerprint density at radius 2 is 2.00 bits per heavy atom. The van der Waals surface area contributed by atoms with Crippen molar-refractivity contribution >= 4 is 17.7 Å². The molecule has 0 radical (unpaired) electrons. The summed E-state index contributed by atoms with van der Waals surface area (Å²) >= 11 is 1.92. The fourth-order valence-corrected chi connectivity index (χ4v) is 3.40. The second kappa shape index (κ2) is 8.15. The highest BCUT2D eigenvalue weighted by Gasteiger charge is 2.41. The second-order valence-corrected chi connectivity index (χ2v) is 7.12. The number of amides is 1. The van der Waals surface area contributed by atoms with Crippen LogP contribution in [-0.4, -0.2) is 40.6 Å². The van der Waals surface area contributed by atoms with Gasteiger partial charge in [-0.3, -0.25) is 10.1 Å². The lowest BCUT2D eigenvalue weighted by Gasteiger charge is -2.32. The van der Waals surface area contributed by atoms with Crippen LogP contribution in [-0.2, 0) is 4.79 Å².